The highest BCUT2D eigenvalue weighted by Crippen LogP contribution is 2.54. The predicted molar refractivity (Wildman–Crippen MR) is 172 cm³/mol. The van der Waals surface area contributed by atoms with Gasteiger partial charge in [0, 0.05) is 19.1 Å². The zero-order chi connectivity index (χ0) is 29.3. The van der Waals surface area contributed by atoms with Crippen molar-refractivity contribution in [3.05, 3.63) is 108 Å². The lowest BCUT2D eigenvalue weighted by Gasteiger charge is -2.48. The van der Waals surface area contributed by atoms with Gasteiger partial charge in [0.1, 0.15) is 11.2 Å². The van der Waals surface area contributed by atoms with E-state index >= 15 is 0 Å². The number of allylic oxidation sites excluding steroid dienone is 1. The number of fused-ring (bicyclic) bond motifs is 7. The minimum absolute atomic E-state index is 0.0307. The molecule has 0 fully saturated rings. The monoisotopic (exact) mass is 543 g/mol. The number of methoxy groups -OCH3 is 1. The van der Waals surface area contributed by atoms with E-state index in [1.54, 1.807) is 0 Å². The smallest absolute Gasteiger partial charge is 0.296 e. The third-order valence-corrected chi connectivity index (χ3v) is 9.88. The van der Waals surface area contributed by atoms with E-state index in [1.807, 2.05) is 7.11 Å². The first-order valence-corrected chi connectivity index (χ1v) is 14.8. The maximum absolute atomic E-state index is 5.79. The second kappa shape index (κ2) is 9.42. The van der Waals surface area contributed by atoms with Gasteiger partial charge in [-0.05, 0) is 89.9 Å². The Bertz CT molecular complexity index is 1820. The Labute approximate surface area is 245 Å². The predicted octanol–water partition coefficient (Wildman–Crippen LogP) is 8.86. The lowest BCUT2D eigenvalue weighted by molar-refractivity contribution is -0.729. The lowest BCUT2D eigenvalue weighted by atomic mass is 9.60. The third kappa shape index (κ3) is 3.71. The number of hydrogen-bond acceptors (Lipinski definition) is 1. The molecule has 210 valence electrons. The van der Waals surface area contributed by atoms with Gasteiger partial charge in [-0.15, -0.1) is 0 Å². The molecule has 1 aliphatic rings. The lowest BCUT2D eigenvalue weighted by Crippen LogP contribution is -2.67. The van der Waals surface area contributed by atoms with Crippen LogP contribution < -0.4 is 4.57 Å². The van der Waals surface area contributed by atoms with E-state index in [9.17, 15) is 0 Å². The number of hydrogen-bond donors (Lipinski definition) is 0. The third-order valence-electron chi connectivity index (χ3n) is 9.88. The van der Waals surface area contributed by atoms with Crippen LogP contribution in [0.1, 0.15) is 63.3 Å². The summed E-state index contributed by atoms with van der Waals surface area (Å²) < 4.78 is 10.9. The van der Waals surface area contributed by atoms with Crippen LogP contribution in [0.15, 0.2) is 85.5 Å². The van der Waals surface area contributed by atoms with E-state index in [2.05, 4.69) is 143 Å². The molecule has 2 heterocycles. The molecule has 0 aliphatic carbocycles. The van der Waals surface area contributed by atoms with Crippen LogP contribution in [0.5, 0.6) is 0 Å². The van der Waals surface area contributed by atoms with Crippen LogP contribution in [0.25, 0.3) is 38.9 Å². The molecule has 6 rings (SSSR count). The fourth-order valence-electron chi connectivity index (χ4n) is 7.53. The summed E-state index contributed by atoms with van der Waals surface area (Å²) in [4.78, 5) is 0. The second-order valence-electron chi connectivity index (χ2n) is 13.3. The first-order valence-electron chi connectivity index (χ1n) is 14.8. The molecule has 0 amide bonds. The second-order valence-corrected chi connectivity index (χ2v) is 13.3. The van der Waals surface area contributed by atoms with Gasteiger partial charge >= 0.3 is 0 Å². The van der Waals surface area contributed by atoms with E-state index in [1.165, 1.54) is 61.1 Å². The fraction of sp³-hybridized carbons (Fsp3) is 0.342. The number of aryl methyl sites for hydroxylation is 2. The summed E-state index contributed by atoms with van der Waals surface area (Å²) in [5.41, 5.74) is 9.51. The van der Waals surface area contributed by atoms with Crippen molar-refractivity contribution >= 4 is 21.8 Å². The minimum atomic E-state index is -0.429. The van der Waals surface area contributed by atoms with Crippen molar-refractivity contribution in [3.8, 4) is 17.1 Å². The maximum atomic E-state index is 5.79. The van der Waals surface area contributed by atoms with E-state index < -0.39 is 5.54 Å². The molecule has 0 N–H and O–H groups in total. The van der Waals surface area contributed by atoms with Crippen LogP contribution in [0, 0.1) is 13.8 Å². The highest BCUT2D eigenvalue weighted by molar-refractivity contribution is 5.97. The van der Waals surface area contributed by atoms with Gasteiger partial charge in [0.05, 0.1) is 5.56 Å². The van der Waals surface area contributed by atoms with Crippen molar-refractivity contribution in [2.45, 2.75) is 71.3 Å². The standard InChI is InChI=1S/C38H43N2O/c1-10-38(8)37(7,22-23-41-9)33-28-19-12-11-18-27(28)30(36(4,5)6)24-29(33)35-39(34-25(2)16-15-17-26(34)3)31-20-13-14-21-32(31)40(35)38/h10-21,24H,1,22-23H2,2-9H3/q+1. The first-order chi connectivity index (χ1) is 19.5. The first kappa shape index (κ1) is 27.5. The van der Waals surface area contributed by atoms with Gasteiger partial charge in [-0.2, -0.15) is 4.57 Å². The van der Waals surface area contributed by atoms with Crippen LogP contribution in [0.4, 0.5) is 0 Å². The number of benzene rings is 4. The zero-order valence-corrected chi connectivity index (χ0v) is 25.9. The Kier molecular flexibility index (Phi) is 6.32. The number of imidazole rings is 1. The van der Waals surface area contributed by atoms with Crippen molar-refractivity contribution in [2.24, 2.45) is 0 Å². The molecule has 0 saturated carbocycles. The molecular weight excluding hydrogens is 500 g/mol. The van der Waals surface area contributed by atoms with Crippen molar-refractivity contribution in [1.82, 2.24) is 4.57 Å². The van der Waals surface area contributed by atoms with Gasteiger partial charge in [0.15, 0.2) is 11.0 Å². The highest BCUT2D eigenvalue weighted by atomic mass is 16.5. The summed E-state index contributed by atoms with van der Waals surface area (Å²) in [6.07, 6.45) is 3.05. The number of para-hydroxylation sites is 3. The molecule has 1 aliphatic heterocycles. The van der Waals surface area contributed by atoms with Crippen molar-refractivity contribution in [3.63, 3.8) is 0 Å². The molecule has 5 aromatic rings. The van der Waals surface area contributed by atoms with Gasteiger partial charge in [0.2, 0.25) is 0 Å². The van der Waals surface area contributed by atoms with E-state index in [4.69, 9.17) is 4.74 Å². The SMILES string of the molecule is C=CC1(C)[n+]2c(n(-c3c(C)cccc3C)c3ccccc32)-c2cc(C(C)(C)C)c3ccccc3c2C1(C)CCOC. The molecule has 0 saturated heterocycles. The molecule has 1 aromatic heterocycles. The Morgan fingerprint density at radius 3 is 2.17 bits per heavy atom. The van der Waals surface area contributed by atoms with E-state index in [0.717, 1.165) is 6.42 Å². The van der Waals surface area contributed by atoms with Gasteiger partial charge in [-0.25, -0.2) is 4.57 Å². The Morgan fingerprint density at radius 1 is 0.902 bits per heavy atom. The van der Waals surface area contributed by atoms with Crippen LogP contribution in [0.3, 0.4) is 0 Å². The van der Waals surface area contributed by atoms with Gasteiger partial charge in [-0.3, -0.25) is 0 Å². The average molecular weight is 544 g/mol. The Morgan fingerprint density at radius 2 is 1.54 bits per heavy atom. The molecule has 3 nitrogen and oxygen atoms in total. The van der Waals surface area contributed by atoms with E-state index in [-0.39, 0.29) is 10.8 Å². The summed E-state index contributed by atoms with van der Waals surface area (Å²) in [6, 6.07) is 27.0. The number of nitrogens with zero attached hydrogens (tertiary/aromatic N) is 2. The molecule has 3 heteroatoms. The summed E-state index contributed by atoms with van der Waals surface area (Å²) in [5, 5.41) is 2.66. The summed E-state index contributed by atoms with van der Waals surface area (Å²) >= 11 is 0. The van der Waals surface area contributed by atoms with Gasteiger partial charge in [-0.1, -0.05) is 88.9 Å². The topological polar surface area (TPSA) is 18.0 Å². The Hall–Kier alpha value is -3.69. The molecule has 2 unspecified atom stereocenters. The average Bonchev–Trinajstić information content (AvgIpc) is 3.29. The van der Waals surface area contributed by atoms with E-state index in [0.29, 0.717) is 6.61 Å². The summed E-state index contributed by atoms with van der Waals surface area (Å²) in [6.45, 7) is 21.4. The van der Waals surface area contributed by atoms with Crippen molar-refractivity contribution < 1.29 is 9.30 Å². The van der Waals surface area contributed by atoms with Crippen molar-refractivity contribution in [2.75, 3.05) is 13.7 Å². The fourth-order valence-corrected chi connectivity index (χ4v) is 7.53. The molecule has 2 atom stereocenters. The largest absolute Gasteiger partial charge is 0.385 e. The molecule has 0 bridgehead atoms. The van der Waals surface area contributed by atoms with Crippen LogP contribution in [0.2, 0.25) is 0 Å². The molecular formula is C38H43N2O+. The summed E-state index contributed by atoms with van der Waals surface area (Å²) in [5.74, 6) is 1.21. The maximum Gasteiger partial charge on any atom is 0.296 e. The molecule has 0 spiro atoms. The van der Waals surface area contributed by atoms with Crippen LogP contribution >= 0.6 is 0 Å². The van der Waals surface area contributed by atoms with Crippen LogP contribution in [-0.2, 0) is 21.1 Å². The molecule has 41 heavy (non-hydrogen) atoms. The molecule has 0 radical (unpaired) electrons. The molecule has 4 aromatic carbocycles. The zero-order valence-electron chi connectivity index (χ0n) is 25.9. The quantitative estimate of drug-likeness (QED) is 0.160. The number of rotatable bonds is 5. The number of aromatic nitrogens is 2. The van der Waals surface area contributed by atoms with Gasteiger partial charge < -0.3 is 4.74 Å². The van der Waals surface area contributed by atoms with Gasteiger partial charge in [0.25, 0.3) is 5.82 Å². The highest BCUT2D eigenvalue weighted by Gasteiger charge is 2.57. The van der Waals surface area contributed by atoms with Crippen LogP contribution in [-0.4, -0.2) is 18.3 Å². The van der Waals surface area contributed by atoms with Crippen molar-refractivity contribution in [1.29, 1.82) is 0 Å². The Balaban J connectivity index is 1.93. The normalized spacial score (nSPS) is 20.3. The number of ether oxygens (including phenoxy) is 1. The minimum Gasteiger partial charge on any atom is -0.385 e. The summed E-state index contributed by atoms with van der Waals surface area (Å²) in [7, 11) is 1.81.